The van der Waals surface area contributed by atoms with E-state index in [9.17, 15) is 24.8 Å². The third kappa shape index (κ3) is 4.90. The molecule has 1 atom stereocenters. The molecule has 1 N–H and O–H groups in total. The second-order valence-electron chi connectivity index (χ2n) is 8.71. The number of carbonyl (C=O) groups is 1. The number of benzene rings is 3. The van der Waals surface area contributed by atoms with Crippen LogP contribution in [0, 0.1) is 10.1 Å². The van der Waals surface area contributed by atoms with Gasteiger partial charge in [-0.2, -0.15) is 0 Å². The van der Waals surface area contributed by atoms with Crippen LogP contribution in [-0.4, -0.2) is 34.3 Å². The first kappa shape index (κ1) is 26.6. The van der Waals surface area contributed by atoms with Gasteiger partial charge in [0.1, 0.15) is 5.75 Å². The van der Waals surface area contributed by atoms with Crippen molar-refractivity contribution in [2.24, 2.45) is 4.99 Å². The van der Waals surface area contributed by atoms with Gasteiger partial charge in [-0.3, -0.25) is 19.5 Å². The standard InChI is InChI=1S/C29H23N3O7S/c1-3-39-28(35)24-25(18-7-5-4-6-8-18)30-29-31(26(24)19-10-12-20(38-2)13-11-19)27(34)23(40-29)16-17-9-14-22(33)21(15-17)32(36)37/h4-16,26,33H,3H2,1-2H3/b23-16-/t26-/m1/s1. The highest BCUT2D eigenvalue weighted by molar-refractivity contribution is 7.07. The highest BCUT2D eigenvalue weighted by Gasteiger charge is 2.35. The molecule has 0 spiro atoms. The minimum Gasteiger partial charge on any atom is -0.502 e. The molecule has 3 aromatic carbocycles. The first-order valence-corrected chi connectivity index (χ1v) is 13.0. The first-order chi connectivity index (χ1) is 19.3. The number of hydrogen-bond donors (Lipinski definition) is 1. The fraction of sp³-hybridized carbons (Fsp3) is 0.138. The molecule has 0 bridgehead atoms. The summed E-state index contributed by atoms with van der Waals surface area (Å²) in [5.74, 6) is -0.473. The molecule has 0 radical (unpaired) electrons. The fourth-order valence-electron chi connectivity index (χ4n) is 4.47. The summed E-state index contributed by atoms with van der Waals surface area (Å²) in [6.07, 6.45) is 1.50. The molecule has 1 aliphatic heterocycles. The summed E-state index contributed by atoms with van der Waals surface area (Å²) in [7, 11) is 1.54. The molecule has 0 fully saturated rings. The molecule has 1 aliphatic rings. The second-order valence-corrected chi connectivity index (χ2v) is 9.72. The second kappa shape index (κ2) is 11.0. The number of thiazole rings is 1. The molecule has 0 amide bonds. The van der Waals surface area contributed by atoms with Crippen molar-refractivity contribution in [2.75, 3.05) is 13.7 Å². The van der Waals surface area contributed by atoms with E-state index in [4.69, 9.17) is 14.5 Å². The van der Waals surface area contributed by atoms with Crippen LogP contribution in [0.1, 0.15) is 29.7 Å². The van der Waals surface area contributed by atoms with Crippen molar-refractivity contribution < 1.29 is 24.3 Å². The van der Waals surface area contributed by atoms with Crippen LogP contribution >= 0.6 is 11.3 Å². The molecule has 5 rings (SSSR count). The first-order valence-electron chi connectivity index (χ1n) is 12.2. The van der Waals surface area contributed by atoms with Crippen molar-refractivity contribution in [1.29, 1.82) is 0 Å². The molecule has 0 saturated heterocycles. The average molecular weight is 558 g/mol. The van der Waals surface area contributed by atoms with E-state index in [1.54, 1.807) is 38.3 Å². The van der Waals surface area contributed by atoms with Gasteiger partial charge < -0.3 is 14.6 Å². The largest absolute Gasteiger partial charge is 0.502 e. The Bertz CT molecular complexity index is 1820. The molecule has 11 heteroatoms. The van der Waals surface area contributed by atoms with Gasteiger partial charge in [-0.05, 0) is 42.3 Å². The highest BCUT2D eigenvalue weighted by Crippen LogP contribution is 2.35. The molecular formula is C29H23N3O7S. The zero-order valence-corrected chi connectivity index (χ0v) is 22.3. The molecule has 40 heavy (non-hydrogen) atoms. The number of phenolic OH excluding ortho intramolecular Hbond substituents is 1. The highest BCUT2D eigenvalue weighted by atomic mass is 32.1. The van der Waals surface area contributed by atoms with Crippen molar-refractivity contribution in [2.45, 2.75) is 13.0 Å². The quantitative estimate of drug-likeness (QED) is 0.209. The SMILES string of the molecule is CCOC(=O)C1=C(c2ccccc2)N=c2s/c(=C\c3ccc(O)c([N+](=O)[O-])c3)c(=O)n2[C@@H]1c1ccc(OC)cc1. The van der Waals surface area contributed by atoms with Gasteiger partial charge in [-0.25, -0.2) is 9.79 Å². The van der Waals surface area contributed by atoms with Crippen LogP contribution in [0.3, 0.4) is 0 Å². The van der Waals surface area contributed by atoms with E-state index >= 15 is 0 Å². The van der Waals surface area contributed by atoms with Crippen LogP contribution in [0.2, 0.25) is 0 Å². The van der Waals surface area contributed by atoms with Crippen molar-refractivity contribution in [1.82, 2.24) is 4.57 Å². The Morgan fingerprint density at radius 1 is 1.15 bits per heavy atom. The molecule has 0 saturated carbocycles. The Morgan fingerprint density at radius 3 is 2.52 bits per heavy atom. The number of hydrogen-bond acceptors (Lipinski definition) is 9. The molecular weight excluding hydrogens is 534 g/mol. The fourth-order valence-corrected chi connectivity index (χ4v) is 5.47. The van der Waals surface area contributed by atoms with E-state index in [1.165, 1.54) is 28.8 Å². The zero-order chi connectivity index (χ0) is 28.4. The Labute approximate surface area is 231 Å². The van der Waals surface area contributed by atoms with Gasteiger partial charge in [-0.1, -0.05) is 59.9 Å². The molecule has 4 aromatic rings. The average Bonchev–Trinajstić information content (AvgIpc) is 3.27. The summed E-state index contributed by atoms with van der Waals surface area (Å²) in [5, 5.41) is 21.1. The van der Waals surface area contributed by atoms with E-state index < -0.39 is 33.9 Å². The number of nitro benzene ring substituents is 1. The van der Waals surface area contributed by atoms with E-state index in [0.29, 0.717) is 32.9 Å². The lowest BCUT2D eigenvalue weighted by Gasteiger charge is -2.26. The van der Waals surface area contributed by atoms with E-state index in [-0.39, 0.29) is 16.7 Å². The minimum absolute atomic E-state index is 0.129. The van der Waals surface area contributed by atoms with Gasteiger partial charge in [0, 0.05) is 11.6 Å². The maximum Gasteiger partial charge on any atom is 0.338 e. The Hall–Kier alpha value is -5.03. The van der Waals surface area contributed by atoms with Crippen LogP contribution in [0.4, 0.5) is 5.69 Å². The van der Waals surface area contributed by atoms with E-state index in [2.05, 4.69) is 0 Å². The number of ether oxygens (including phenoxy) is 2. The van der Waals surface area contributed by atoms with Crippen molar-refractivity contribution in [3.8, 4) is 11.5 Å². The molecule has 0 unspecified atom stereocenters. The van der Waals surface area contributed by atoms with Gasteiger partial charge >= 0.3 is 11.7 Å². The van der Waals surface area contributed by atoms with Crippen LogP contribution in [0.15, 0.2) is 88.2 Å². The monoisotopic (exact) mass is 557 g/mol. The van der Waals surface area contributed by atoms with Gasteiger partial charge in [0.15, 0.2) is 10.6 Å². The van der Waals surface area contributed by atoms with Crippen molar-refractivity contribution >= 4 is 34.8 Å². The van der Waals surface area contributed by atoms with Crippen LogP contribution in [-0.2, 0) is 9.53 Å². The molecule has 0 aliphatic carbocycles. The third-order valence-electron chi connectivity index (χ3n) is 6.30. The summed E-state index contributed by atoms with van der Waals surface area (Å²) in [5.41, 5.74) is 1.34. The number of methoxy groups -OCH3 is 1. The summed E-state index contributed by atoms with van der Waals surface area (Å²) in [6, 6.07) is 19.2. The van der Waals surface area contributed by atoms with Gasteiger partial charge in [0.05, 0.1) is 40.5 Å². The Morgan fingerprint density at radius 2 is 1.88 bits per heavy atom. The van der Waals surface area contributed by atoms with Crippen molar-refractivity contribution in [3.05, 3.63) is 125 Å². The number of phenols is 1. The molecule has 10 nitrogen and oxygen atoms in total. The molecule has 2 heterocycles. The minimum atomic E-state index is -0.868. The van der Waals surface area contributed by atoms with Crippen LogP contribution < -0.4 is 19.6 Å². The molecule has 1 aromatic heterocycles. The van der Waals surface area contributed by atoms with Gasteiger partial charge in [-0.15, -0.1) is 0 Å². The number of aromatic nitrogens is 1. The topological polar surface area (TPSA) is 133 Å². The normalized spacial score (nSPS) is 14.8. The smallest absolute Gasteiger partial charge is 0.338 e. The predicted octanol–water partition coefficient (Wildman–Crippen LogP) is 3.56. The number of fused-ring (bicyclic) bond motifs is 1. The number of carbonyl (C=O) groups excluding carboxylic acids is 1. The lowest BCUT2D eigenvalue weighted by atomic mass is 9.93. The summed E-state index contributed by atoms with van der Waals surface area (Å²) < 4.78 is 12.4. The van der Waals surface area contributed by atoms with Crippen LogP contribution in [0.25, 0.3) is 11.8 Å². The summed E-state index contributed by atoms with van der Waals surface area (Å²) in [6.45, 7) is 1.83. The lowest BCUT2D eigenvalue weighted by molar-refractivity contribution is -0.385. The summed E-state index contributed by atoms with van der Waals surface area (Å²) in [4.78, 5) is 43.1. The number of nitro groups is 1. The Kier molecular flexibility index (Phi) is 7.30. The number of esters is 1. The number of rotatable bonds is 7. The number of aromatic hydroxyl groups is 1. The Balaban J connectivity index is 1.80. The zero-order valence-electron chi connectivity index (χ0n) is 21.4. The third-order valence-corrected chi connectivity index (χ3v) is 7.28. The summed E-state index contributed by atoms with van der Waals surface area (Å²) >= 11 is 1.09. The van der Waals surface area contributed by atoms with Crippen molar-refractivity contribution in [3.63, 3.8) is 0 Å². The van der Waals surface area contributed by atoms with Gasteiger partial charge in [0.2, 0.25) is 0 Å². The van der Waals surface area contributed by atoms with E-state index in [1.807, 2.05) is 30.3 Å². The maximum absolute atomic E-state index is 13.9. The lowest BCUT2D eigenvalue weighted by Crippen LogP contribution is -2.40. The van der Waals surface area contributed by atoms with Gasteiger partial charge in [0.25, 0.3) is 5.56 Å². The predicted molar refractivity (Wildman–Crippen MR) is 149 cm³/mol. The molecule has 202 valence electrons. The maximum atomic E-state index is 13.9. The van der Waals surface area contributed by atoms with E-state index in [0.717, 1.165) is 11.3 Å². The number of nitrogens with zero attached hydrogens (tertiary/aromatic N) is 3. The van der Waals surface area contributed by atoms with Crippen LogP contribution in [0.5, 0.6) is 11.5 Å².